The first kappa shape index (κ1) is 30.7. The molecule has 3 unspecified atom stereocenters. The van der Waals surface area contributed by atoms with Crippen LogP contribution in [0.25, 0.3) is 0 Å². The molecule has 0 fully saturated rings. The smallest absolute Gasteiger partial charge is 0.408 e. The Balaban J connectivity index is 2.54. The maximum atomic E-state index is 14.3. The number of nitrogens with one attached hydrogen (secondary N) is 2. The van der Waals surface area contributed by atoms with E-state index in [0.29, 0.717) is 23.4 Å². The summed E-state index contributed by atoms with van der Waals surface area (Å²) in [5.74, 6) is -0.277. The lowest BCUT2D eigenvalue weighted by molar-refractivity contribution is -0.147. The molecular weight excluding hydrogens is 482 g/mol. The summed E-state index contributed by atoms with van der Waals surface area (Å²) in [5, 5.41) is 5.74. The van der Waals surface area contributed by atoms with E-state index in [1.54, 1.807) is 57.0 Å². The van der Waals surface area contributed by atoms with Gasteiger partial charge in [-0.15, -0.1) is 0 Å². The largest absolute Gasteiger partial charge is 0.497 e. The Morgan fingerprint density at radius 3 is 1.97 bits per heavy atom. The molecule has 38 heavy (non-hydrogen) atoms. The zero-order valence-electron chi connectivity index (χ0n) is 24.1. The van der Waals surface area contributed by atoms with E-state index in [1.807, 2.05) is 65.0 Å². The molecular formula is C30H43N3O5. The molecule has 208 valence electrons. The number of hydrogen-bond acceptors (Lipinski definition) is 5. The van der Waals surface area contributed by atoms with Gasteiger partial charge in [-0.1, -0.05) is 50.6 Å². The number of ether oxygens (including phenoxy) is 2. The Bertz CT molecular complexity index is 1070. The molecule has 3 atom stereocenters. The Kier molecular flexibility index (Phi) is 10.3. The molecule has 2 aromatic carbocycles. The number of methoxy groups -OCH3 is 1. The van der Waals surface area contributed by atoms with Gasteiger partial charge in [0.05, 0.1) is 7.11 Å². The lowest BCUT2D eigenvalue weighted by atomic mass is 9.91. The molecule has 0 heterocycles. The van der Waals surface area contributed by atoms with Crippen LogP contribution >= 0.6 is 0 Å². The van der Waals surface area contributed by atoms with Gasteiger partial charge in [-0.25, -0.2) is 4.79 Å². The van der Waals surface area contributed by atoms with Crippen molar-refractivity contribution in [1.29, 1.82) is 0 Å². The second kappa shape index (κ2) is 12.8. The second-order valence-electron chi connectivity index (χ2n) is 11.4. The number of benzene rings is 2. The molecule has 3 amide bonds. The minimum Gasteiger partial charge on any atom is -0.497 e. The molecule has 0 aromatic heterocycles. The Morgan fingerprint density at radius 1 is 0.921 bits per heavy atom. The van der Waals surface area contributed by atoms with E-state index in [-0.39, 0.29) is 17.7 Å². The number of nitrogens with zero attached hydrogens (tertiary/aromatic N) is 1. The van der Waals surface area contributed by atoms with E-state index in [1.165, 1.54) is 0 Å². The molecule has 0 aliphatic carbocycles. The molecule has 2 rings (SSSR count). The van der Waals surface area contributed by atoms with Crippen LogP contribution in [-0.4, -0.2) is 47.1 Å². The zero-order valence-corrected chi connectivity index (χ0v) is 24.1. The van der Waals surface area contributed by atoms with Crippen molar-refractivity contribution in [2.45, 2.75) is 85.0 Å². The van der Waals surface area contributed by atoms with Crippen LogP contribution < -0.4 is 15.4 Å². The van der Waals surface area contributed by atoms with Crippen LogP contribution in [0.4, 0.5) is 10.5 Å². The Labute approximate surface area is 227 Å². The van der Waals surface area contributed by atoms with Gasteiger partial charge in [-0.2, -0.15) is 0 Å². The number of amides is 3. The Hall–Kier alpha value is -3.55. The van der Waals surface area contributed by atoms with Gasteiger partial charge in [0.25, 0.3) is 5.91 Å². The highest BCUT2D eigenvalue weighted by molar-refractivity contribution is 5.99. The number of carbonyl (C=O) groups excluding carboxylic acids is 3. The van der Waals surface area contributed by atoms with Crippen LogP contribution in [0.3, 0.4) is 0 Å². The van der Waals surface area contributed by atoms with Gasteiger partial charge in [-0.3, -0.25) is 9.59 Å². The third-order valence-corrected chi connectivity index (χ3v) is 6.09. The number of carbonyl (C=O) groups is 3. The minimum atomic E-state index is -0.960. The van der Waals surface area contributed by atoms with Gasteiger partial charge < -0.3 is 25.0 Å². The lowest BCUT2D eigenvalue weighted by Crippen LogP contribution is -2.59. The van der Waals surface area contributed by atoms with Crippen LogP contribution in [0.1, 0.15) is 73.4 Å². The quantitative estimate of drug-likeness (QED) is 0.422. The minimum absolute atomic E-state index is 0.207. The molecule has 2 aromatic rings. The number of alkyl carbamates (subject to hydrolysis) is 1. The first-order valence-corrected chi connectivity index (χ1v) is 13.0. The standard InChI is InChI=1S/C30H43N3O5/c1-10-20(2)24(32-28(36)38-30(6,7)8)27(35)33(29(3,4)5)25(21-14-12-11-13-15-21)26(34)31-22-16-18-23(37-9)19-17-22/h11-20,24-25H,10H2,1-9H3,(H,31,34)(H,32,36). The van der Waals surface area contributed by atoms with Gasteiger partial charge in [-0.05, 0) is 77.3 Å². The summed E-state index contributed by atoms with van der Waals surface area (Å²) in [4.78, 5) is 42.5. The van der Waals surface area contributed by atoms with Gasteiger partial charge in [0.15, 0.2) is 0 Å². The highest BCUT2D eigenvalue weighted by Crippen LogP contribution is 2.32. The van der Waals surface area contributed by atoms with Crippen molar-refractivity contribution in [3.8, 4) is 5.75 Å². The highest BCUT2D eigenvalue weighted by Gasteiger charge is 2.43. The average Bonchev–Trinajstić information content (AvgIpc) is 2.84. The van der Waals surface area contributed by atoms with E-state index in [9.17, 15) is 14.4 Å². The zero-order chi connectivity index (χ0) is 28.7. The summed E-state index contributed by atoms with van der Waals surface area (Å²) in [6, 6.07) is 14.3. The van der Waals surface area contributed by atoms with E-state index in [2.05, 4.69) is 10.6 Å². The van der Waals surface area contributed by atoms with Crippen LogP contribution in [0.2, 0.25) is 0 Å². The predicted molar refractivity (Wildman–Crippen MR) is 150 cm³/mol. The van der Waals surface area contributed by atoms with Crippen LogP contribution in [0.15, 0.2) is 54.6 Å². The molecule has 0 spiro atoms. The fourth-order valence-corrected chi connectivity index (χ4v) is 4.05. The summed E-state index contributed by atoms with van der Waals surface area (Å²) in [7, 11) is 1.57. The van der Waals surface area contributed by atoms with Crippen LogP contribution in [0, 0.1) is 5.92 Å². The van der Waals surface area contributed by atoms with E-state index in [4.69, 9.17) is 9.47 Å². The first-order valence-electron chi connectivity index (χ1n) is 13.0. The molecule has 8 heteroatoms. The van der Waals surface area contributed by atoms with Crippen molar-refractivity contribution in [2.24, 2.45) is 5.92 Å². The van der Waals surface area contributed by atoms with Gasteiger partial charge in [0.2, 0.25) is 5.91 Å². The SMILES string of the molecule is CCC(C)C(NC(=O)OC(C)(C)C)C(=O)N(C(C(=O)Nc1ccc(OC)cc1)c1ccccc1)C(C)(C)C. The molecule has 0 saturated heterocycles. The van der Waals surface area contributed by atoms with E-state index >= 15 is 0 Å². The monoisotopic (exact) mass is 525 g/mol. The maximum absolute atomic E-state index is 14.3. The van der Waals surface area contributed by atoms with Crippen molar-refractivity contribution >= 4 is 23.6 Å². The predicted octanol–water partition coefficient (Wildman–Crippen LogP) is 5.94. The second-order valence-corrected chi connectivity index (χ2v) is 11.4. The van der Waals surface area contributed by atoms with E-state index in [0.717, 1.165) is 0 Å². The molecule has 8 nitrogen and oxygen atoms in total. The third-order valence-electron chi connectivity index (χ3n) is 6.09. The third kappa shape index (κ3) is 8.50. The maximum Gasteiger partial charge on any atom is 0.408 e. The summed E-state index contributed by atoms with van der Waals surface area (Å²) in [6.07, 6.45) is -0.0398. The fraction of sp³-hybridized carbons (Fsp3) is 0.500. The first-order chi connectivity index (χ1) is 17.7. The van der Waals surface area contributed by atoms with Crippen molar-refractivity contribution in [2.75, 3.05) is 12.4 Å². The van der Waals surface area contributed by atoms with Crippen molar-refractivity contribution in [1.82, 2.24) is 10.2 Å². The van der Waals surface area contributed by atoms with Crippen LogP contribution in [0.5, 0.6) is 5.75 Å². The van der Waals surface area contributed by atoms with Gasteiger partial charge in [0.1, 0.15) is 23.4 Å². The molecule has 0 bridgehead atoms. The number of anilines is 1. The summed E-state index contributed by atoms with van der Waals surface area (Å²) in [6.45, 7) is 14.8. The molecule has 0 aliphatic rings. The van der Waals surface area contributed by atoms with E-state index < -0.39 is 29.3 Å². The topological polar surface area (TPSA) is 97.0 Å². The summed E-state index contributed by atoms with van der Waals surface area (Å²) < 4.78 is 10.7. The summed E-state index contributed by atoms with van der Waals surface area (Å²) in [5.41, 5.74) is -0.261. The average molecular weight is 526 g/mol. The van der Waals surface area contributed by atoms with Gasteiger partial charge >= 0.3 is 6.09 Å². The Morgan fingerprint density at radius 2 is 1.50 bits per heavy atom. The fourth-order valence-electron chi connectivity index (χ4n) is 4.05. The molecule has 0 aliphatic heterocycles. The lowest BCUT2D eigenvalue weighted by Gasteiger charge is -2.43. The molecule has 0 radical (unpaired) electrons. The van der Waals surface area contributed by atoms with Crippen LogP contribution in [-0.2, 0) is 14.3 Å². The number of rotatable bonds is 9. The van der Waals surface area contributed by atoms with Crippen molar-refractivity contribution in [3.63, 3.8) is 0 Å². The number of hydrogen-bond donors (Lipinski definition) is 2. The molecule has 0 saturated carbocycles. The summed E-state index contributed by atoms with van der Waals surface area (Å²) >= 11 is 0. The van der Waals surface area contributed by atoms with Crippen molar-refractivity contribution in [3.05, 3.63) is 60.2 Å². The highest BCUT2D eigenvalue weighted by atomic mass is 16.6. The van der Waals surface area contributed by atoms with Gasteiger partial charge in [0, 0.05) is 11.2 Å². The normalized spacial score (nSPS) is 14.0. The molecule has 2 N–H and O–H groups in total. The van der Waals surface area contributed by atoms with Crippen molar-refractivity contribution < 1.29 is 23.9 Å².